The highest BCUT2D eigenvalue weighted by Crippen LogP contribution is 2.28. The summed E-state index contributed by atoms with van der Waals surface area (Å²) < 4.78 is 7.80. The molecule has 0 unspecified atom stereocenters. The van der Waals surface area contributed by atoms with E-state index in [1.807, 2.05) is 42.4 Å². The molecule has 0 spiro atoms. The molecule has 1 saturated heterocycles. The molecule has 0 atom stereocenters. The molecule has 1 aliphatic heterocycles. The maximum atomic E-state index is 12.9. The van der Waals surface area contributed by atoms with Gasteiger partial charge in [-0.25, -0.2) is 4.98 Å². The summed E-state index contributed by atoms with van der Waals surface area (Å²) in [5.74, 6) is 0.833. The van der Waals surface area contributed by atoms with Crippen molar-refractivity contribution in [1.29, 1.82) is 0 Å². The molecule has 27 heavy (non-hydrogen) atoms. The van der Waals surface area contributed by atoms with Crippen LogP contribution in [0, 0.1) is 6.92 Å². The summed E-state index contributed by atoms with van der Waals surface area (Å²) in [4.78, 5) is 19.3. The molecule has 5 nitrogen and oxygen atoms in total. The van der Waals surface area contributed by atoms with Crippen molar-refractivity contribution in [3.63, 3.8) is 0 Å². The van der Waals surface area contributed by atoms with E-state index < -0.39 is 0 Å². The Labute approximate surface area is 159 Å². The number of hydrogen-bond donors (Lipinski definition) is 0. The number of hydrogen-bond acceptors (Lipinski definition) is 3. The van der Waals surface area contributed by atoms with E-state index in [1.54, 1.807) is 0 Å². The van der Waals surface area contributed by atoms with E-state index in [4.69, 9.17) is 4.74 Å². The zero-order chi connectivity index (χ0) is 18.8. The van der Waals surface area contributed by atoms with Gasteiger partial charge >= 0.3 is 0 Å². The van der Waals surface area contributed by atoms with Crippen molar-refractivity contribution in [2.45, 2.75) is 32.7 Å². The van der Waals surface area contributed by atoms with Crippen LogP contribution in [0.25, 0.3) is 11.0 Å². The molecule has 0 aliphatic carbocycles. The molecule has 1 aromatic heterocycles. The van der Waals surface area contributed by atoms with E-state index in [-0.39, 0.29) is 5.91 Å². The predicted molar refractivity (Wildman–Crippen MR) is 106 cm³/mol. The Bertz CT molecular complexity index is 955. The van der Waals surface area contributed by atoms with Gasteiger partial charge in [0.15, 0.2) is 0 Å². The summed E-state index contributed by atoms with van der Waals surface area (Å²) in [5, 5.41) is 0. The molecule has 3 aromatic rings. The topological polar surface area (TPSA) is 47.4 Å². The average Bonchev–Trinajstić information content (AvgIpc) is 3.11. The highest BCUT2D eigenvalue weighted by molar-refractivity contribution is 5.94. The van der Waals surface area contributed by atoms with Crippen LogP contribution in [0.3, 0.4) is 0 Å². The predicted octanol–water partition coefficient (Wildman–Crippen LogP) is 4.22. The van der Waals surface area contributed by atoms with Gasteiger partial charge in [0.05, 0.1) is 24.0 Å². The van der Waals surface area contributed by atoms with Gasteiger partial charge in [0.1, 0.15) is 5.75 Å². The number of carbonyl (C=O) groups is 1. The minimum Gasteiger partial charge on any atom is -0.494 e. The number of carbonyl (C=O) groups excluding carboxylic acids is 1. The van der Waals surface area contributed by atoms with Gasteiger partial charge < -0.3 is 14.2 Å². The fraction of sp³-hybridized carbons (Fsp3) is 0.364. The number of nitrogens with zero attached hydrogens (tertiary/aromatic N) is 3. The summed E-state index contributed by atoms with van der Waals surface area (Å²) in [6, 6.07) is 14.2. The van der Waals surface area contributed by atoms with Crippen molar-refractivity contribution in [1.82, 2.24) is 14.5 Å². The third-order valence-corrected chi connectivity index (χ3v) is 5.27. The number of rotatable bonds is 4. The Morgan fingerprint density at radius 2 is 2.00 bits per heavy atom. The second-order valence-electron chi connectivity index (χ2n) is 7.13. The molecule has 5 heteroatoms. The molecule has 0 N–H and O–H groups in total. The molecule has 140 valence electrons. The van der Waals surface area contributed by atoms with Gasteiger partial charge in [0.2, 0.25) is 0 Å². The Morgan fingerprint density at radius 3 is 2.78 bits per heavy atom. The minimum absolute atomic E-state index is 0.0846. The first-order valence-corrected chi connectivity index (χ1v) is 9.61. The lowest BCUT2D eigenvalue weighted by molar-refractivity contribution is 0.0695. The Morgan fingerprint density at radius 1 is 1.19 bits per heavy atom. The number of benzene rings is 2. The monoisotopic (exact) mass is 363 g/mol. The number of aryl methyl sites for hydroxylation is 1. The Hall–Kier alpha value is -2.82. The SMILES string of the molecule is CCOc1cccc(C(=O)N2CCC(n3cnc4ccc(C)cc43)CC2)c1. The van der Waals surface area contributed by atoms with E-state index in [0.29, 0.717) is 18.2 Å². The van der Waals surface area contributed by atoms with Crippen molar-refractivity contribution in [2.24, 2.45) is 0 Å². The average molecular weight is 363 g/mol. The second-order valence-corrected chi connectivity index (χ2v) is 7.13. The van der Waals surface area contributed by atoms with Gasteiger partial charge in [-0.15, -0.1) is 0 Å². The van der Waals surface area contributed by atoms with Gasteiger partial charge in [-0.1, -0.05) is 12.1 Å². The quantitative estimate of drug-likeness (QED) is 0.697. The maximum Gasteiger partial charge on any atom is 0.253 e. The highest BCUT2D eigenvalue weighted by atomic mass is 16.5. The Balaban J connectivity index is 1.46. The summed E-state index contributed by atoms with van der Waals surface area (Å²) in [6.45, 7) is 6.16. The largest absolute Gasteiger partial charge is 0.494 e. The third-order valence-electron chi connectivity index (χ3n) is 5.27. The van der Waals surface area contributed by atoms with E-state index in [0.717, 1.165) is 37.2 Å². The van der Waals surface area contributed by atoms with Crippen LogP contribution in [0.5, 0.6) is 5.75 Å². The summed E-state index contributed by atoms with van der Waals surface area (Å²) in [6.07, 6.45) is 3.82. The van der Waals surface area contributed by atoms with Crippen molar-refractivity contribution in [3.05, 3.63) is 59.9 Å². The number of piperidine rings is 1. The van der Waals surface area contributed by atoms with Crippen LogP contribution < -0.4 is 4.74 Å². The lowest BCUT2D eigenvalue weighted by atomic mass is 10.0. The van der Waals surface area contributed by atoms with Crippen LogP contribution in [-0.4, -0.2) is 40.1 Å². The minimum atomic E-state index is 0.0846. The summed E-state index contributed by atoms with van der Waals surface area (Å²) in [7, 11) is 0. The molecular weight excluding hydrogens is 338 g/mol. The fourth-order valence-corrected chi connectivity index (χ4v) is 3.84. The molecule has 0 saturated carbocycles. The highest BCUT2D eigenvalue weighted by Gasteiger charge is 2.25. The van der Waals surface area contributed by atoms with Gasteiger partial charge in [0, 0.05) is 24.7 Å². The fourth-order valence-electron chi connectivity index (χ4n) is 3.84. The van der Waals surface area contributed by atoms with Crippen LogP contribution >= 0.6 is 0 Å². The molecule has 1 fully saturated rings. The number of ether oxygens (including phenoxy) is 1. The lowest BCUT2D eigenvalue weighted by Gasteiger charge is -2.33. The number of aromatic nitrogens is 2. The number of imidazole rings is 1. The van der Waals surface area contributed by atoms with Crippen LogP contribution in [0.2, 0.25) is 0 Å². The first-order chi connectivity index (χ1) is 13.2. The maximum absolute atomic E-state index is 12.9. The molecule has 2 aromatic carbocycles. The van der Waals surface area contributed by atoms with Crippen molar-refractivity contribution >= 4 is 16.9 Å². The van der Waals surface area contributed by atoms with Crippen molar-refractivity contribution < 1.29 is 9.53 Å². The lowest BCUT2D eigenvalue weighted by Crippen LogP contribution is -2.39. The normalized spacial score (nSPS) is 15.3. The van der Waals surface area contributed by atoms with Crippen LogP contribution in [0.1, 0.15) is 41.7 Å². The van der Waals surface area contributed by atoms with Crippen LogP contribution in [-0.2, 0) is 0 Å². The smallest absolute Gasteiger partial charge is 0.253 e. The first-order valence-electron chi connectivity index (χ1n) is 9.61. The molecule has 1 amide bonds. The van der Waals surface area contributed by atoms with Crippen LogP contribution in [0.4, 0.5) is 0 Å². The summed E-state index contributed by atoms with van der Waals surface area (Å²) in [5.41, 5.74) is 4.16. The zero-order valence-electron chi connectivity index (χ0n) is 15.9. The second kappa shape index (κ2) is 7.43. The van der Waals surface area contributed by atoms with Crippen LogP contribution in [0.15, 0.2) is 48.8 Å². The molecule has 2 heterocycles. The van der Waals surface area contributed by atoms with Gasteiger partial charge in [0.25, 0.3) is 5.91 Å². The van der Waals surface area contributed by atoms with E-state index >= 15 is 0 Å². The molecule has 4 rings (SSSR count). The molecular formula is C22H25N3O2. The molecule has 0 radical (unpaired) electrons. The number of amides is 1. The number of fused-ring (bicyclic) bond motifs is 1. The van der Waals surface area contributed by atoms with Gasteiger partial charge in [-0.2, -0.15) is 0 Å². The number of likely N-dealkylation sites (tertiary alicyclic amines) is 1. The molecule has 1 aliphatic rings. The van der Waals surface area contributed by atoms with Crippen molar-refractivity contribution in [3.8, 4) is 5.75 Å². The Kier molecular flexibility index (Phi) is 4.84. The van der Waals surface area contributed by atoms with E-state index in [9.17, 15) is 4.79 Å². The zero-order valence-corrected chi connectivity index (χ0v) is 15.9. The van der Waals surface area contributed by atoms with Gasteiger partial charge in [-0.05, 0) is 62.6 Å². The third kappa shape index (κ3) is 3.54. The first kappa shape index (κ1) is 17.6. The molecule has 0 bridgehead atoms. The van der Waals surface area contributed by atoms with E-state index in [1.165, 1.54) is 11.1 Å². The summed E-state index contributed by atoms with van der Waals surface area (Å²) >= 11 is 0. The van der Waals surface area contributed by atoms with Gasteiger partial charge in [-0.3, -0.25) is 4.79 Å². The van der Waals surface area contributed by atoms with Crippen molar-refractivity contribution in [2.75, 3.05) is 19.7 Å². The van der Waals surface area contributed by atoms with E-state index in [2.05, 4.69) is 34.7 Å². The standard InChI is InChI=1S/C22H25N3O2/c1-3-27-19-6-4-5-17(14-19)22(26)24-11-9-18(10-12-24)25-15-23-20-8-7-16(2)13-21(20)25/h4-8,13-15,18H,3,9-12H2,1-2H3.